The molecular weight excluding hydrogens is 377 g/mol. The summed E-state index contributed by atoms with van der Waals surface area (Å²) in [6.07, 6.45) is 3.03. The fourth-order valence-corrected chi connectivity index (χ4v) is 14.3. The van der Waals surface area contributed by atoms with Crippen molar-refractivity contribution >= 4 is 20.6 Å². The summed E-state index contributed by atoms with van der Waals surface area (Å²) in [5.74, 6) is 0. The monoisotopic (exact) mass is 418 g/mol. The van der Waals surface area contributed by atoms with E-state index in [1.165, 1.54) is 12.8 Å². The third-order valence-electron chi connectivity index (χ3n) is 5.58. The van der Waals surface area contributed by atoms with E-state index in [0.717, 1.165) is 6.54 Å². The van der Waals surface area contributed by atoms with E-state index in [4.69, 9.17) is 0 Å². The van der Waals surface area contributed by atoms with Crippen LogP contribution in [0.15, 0.2) is 0 Å². The van der Waals surface area contributed by atoms with E-state index in [2.05, 4.69) is 85.5 Å². The maximum atomic E-state index is 2.92. The third-order valence-corrected chi connectivity index (χ3v) is 17.8. The summed E-state index contributed by atoms with van der Waals surface area (Å²) < 4.78 is 8.69. The van der Waals surface area contributed by atoms with Crippen LogP contribution in [0.1, 0.15) is 89.0 Å². The molecule has 0 spiro atoms. The first-order valence-corrected chi connectivity index (χ1v) is 12.9. The van der Waals surface area contributed by atoms with Crippen LogP contribution >= 0.6 is 0 Å². The molecule has 3 nitrogen and oxygen atoms in total. The summed E-state index contributed by atoms with van der Waals surface area (Å²) in [7, 11) is 0. The molecule has 1 radical (unpaired) electrons. The van der Waals surface area contributed by atoms with Gasteiger partial charge in [0.05, 0.1) is 0 Å². The molecule has 1 aliphatic heterocycles. The zero-order chi connectivity index (χ0) is 17.5. The van der Waals surface area contributed by atoms with Gasteiger partial charge in [-0.3, -0.25) is 0 Å². The quantitative estimate of drug-likeness (QED) is 0.592. The van der Waals surface area contributed by atoms with Crippen molar-refractivity contribution in [2.45, 2.75) is 112 Å². The van der Waals surface area contributed by atoms with Crippen molar-refractivity contribution in [2.75, 3.05) is 6.54 Å². The molecule has 0 aromatic carbocycles. The standard InChI is InChI=1S/C12H26N2.C6H14N.Sn/c1-8-11(4,5)13-10(3)14-12(6,7)9-2;1-5-7-6(2,3)4;/h10H,8-9H2,1-7H3;5H2,1-4H3;/q-2;-1;+3. The molecule has 0 N–H and O–H groups in total. The Morgan fingerprint density at radius 1 is 0.818 bits per heavy atom. The molecule has 1 fully saturated rings. The molecule has 22 heavy (non-hydrogen) atoms. The second kappa shape index (κ2) is 6.89. The van der Waals surface area contributed by atoms with Gasteiger partial charge >= 0.3 is 148 Å². The molecule has 0 unspecified atom stereocenters. The van der Waals surface area contributed by atoms with Crippen LogP contribution in [0.25, 0.3) is 0 Å². The first kappa shape index (κ1) is 20.7. The van der Waals surface area contributed by atoms with Crippen molar-refractivity contribution < 1.29 is 0 Å². The van der Waals surface area contributed by atoms with Crippen molar-refractivity contribution in [3.8, 4) is 0 Å². The van der Waals surface area contributed by atoms with E-state index in [9.17, 15) is 0 Å². The minimum absolute atomic E-state index is 0.258. The minimum atomic E-state index is -2.02. The molecule has 0 aromatic heterocycles. The van der Waals surface area contributed by atoms with Crippen molar-refractivity contribution in [3.05, 3.63) is 0 Å². The fourth-order valence-electron chi connectivity index (χ4n) is 3.58. The molecule has 0 bridgehead atoms. The van der Waals surface area contributed by atoms with E-state index in [-0.39, 0.29) is 5.54 Å². The predicted molar refractivity (Wildman–Crippen MR) is 99.8 cm³/mol. The summed E-state index contributed by atoms with van der Waals surface area (Å²) in [5, 5.41) is 0. The molecule has 4 heteroatoms. The van der Waals surface area contributed by atoms with Crippen LogP contribution in [0.2, 0.25) is 0 Å². The molecule has 0 atom stereocenters. The molecule has 1 saturated heterocycles. The average Bonchev–Trinajstić information content (AvgIpc) is 2.36. The van der Waals surface area contributed by atoms with Crippen LogP contribution in [0.4, 0.5) is 0 Å². The van der Waals surface area contributed by atoms with Crippen LogP contribution < -0.4 is 0 Å². The van der Waals surface area contributed by atoms with Gasteiger partial charge in [-0.1, -0.05) is 0 Å². The Morgan fingerprint density at radius 3 is 1.41 bits per heavy atom. The number of rotatable bonds is 6. The van der Waals surface area contributed by atoms with Gasteiger partial charge in [0, 0.05) is 0 Å². The first-order chi connectivity index (χ1) is 9.85. The topological polar surface area (TPSA) is 9.72 Å². The Balaban J connectivity index is 3.27. The van der Waals surface area contributed by atoms with Crippen molar-refractivity contribution in [1.29, 1.82) is 0 Å². The van der Waals surface area contributed by atoms with Crippen LogP contribution in [0, 0.1) is 0 Å². The number of hydrogen-bond acceptors (Lipinski definition) is 3. The van der Waals surface area contributed by atoms with Crippen LogP contribution in [-0.4, -0.2) is 59.3 Å². The van der Waals surface area contributed by atoms with E-state index < -0.39 is 20.6 Å². The van der Waals surface area contributed by atoms with Crippen molar-refractivity contribution in [3.63, 3.8) is 0 Å². The first-order valence-electron chi connectivity index (χ1n) is 9.08. The number of nitrogens with zero attached hydrogens (tertiary/aromatic N) is 3. The Kier molecular flexibility index (Phi) is 6.49. The van der Waals surface area contributed by atoms with Gasteiger partial charge < -0.3 is 0 Å². The van der Waals surface area contributed by atoms with Crippen LogP contribution in [0.5, 0.6) is 0 Å². The normalized spacial score (nSPS) is 20.7. The van der Waals surface area contributed by atoms with E-state index in [0.29, 0.717) is 17.2 Å². The Bertz CT molecular complexity index is 349. The molecule has 1 aliphatic rings. The average molecular weight is 417 g/mol. The van der Waals surface area contributed by atoms with Crippen molar-refractivity contribution in [2.24, 2.45) is 0 Å². The van der Waals surface area contributed by atoms with E-state index in [1.807, 2.05) is 0 Å². The molecular formula is C18H40N3Sn. The van der Waals surface area contributed by atoms with E-state index >= 15 is 0 Å². The summed E-state index contributed by atoms with van der Waals surface area (Å²) in [5.41, 5.74) is 0.883. The Morgan fingerprint density at radius 2 is 1.18 bits per heavy atom. The maximum absolute atomic E-state index is 2.92. The van der Waals surface area contributed by atoms with Crippen LogP contribution in [-0.2, 0) is 0 Å². The number of hydrogen-bond donors (Lipinski definition) is 0. The SMILES string of the molecule is CC[N]([Sn]1[N](C(C)(C)CC)C(C)[N]1C(C)(C)CC)C(C)(C)C. The summed E-state index contributed by atoms with van der Waals surface area (Å²) in [6.45, 7) is 27.6. The molecule has 1 heterocycles. The van der Waals surface area contributed by atoms with Gasteiger partial charge in [-0.2, -0.15) is 0 Å². The molecule has 131 valence electrons. The van der Waals surface area contributed by atoms with Crippen LogP contribution in [0.3, 0.4) is 0 Å². The zero-order valence-corrected chi connectivity index (χ0v) is 19.9. The molecule has 0 amide bonds. The molecule has 0 saturated carbocycles. The van der Waals surface area contributed by atoms with Gasteiger partial charge in [-0.25, -0.2) is 0 Å². The van der Waals surface area contributed by atoms with E-state index in [1.54, 1.807) is 0 Å². The predicted octanol–water partition coefficient (Wildman–Crippen LogP) is 4.43. The fraction of sp³-hybridized carbons (Fsp3) is 1.00. The zero-order valence-electron chi connectivity index (χ0n) is 17.0. The Labute approximate surface area is 148 Å². The van der Waals surface area contributed by atoms with Gasteiger partial charge in [-0.05, 0) is 0 Å². The van der Waals surface area contributed by atoms with Gasteiger partial charge in [0.25, 0.3) is 0 Å². The molecule has 1 rings (SSSR count). The summed E-state index contributed by atoms with van der Waals surface area (Å²) >= 11 is -2.02. The summed E-state index contributed by atoms with van der Waals surface area (Å²) in [6, 6.07) is 0. The van der Waals surface area contributed by atoms with Crippen molar-refractivity contribution in [1.82, 2.24) is 9.36 Å². The summed E-state index contributed by atoms with van der Waals surface area (Å²) in [4.78, 5) is 0. The van der Waals surface area contributed by atoms with Gasteiger partial charge in [0.15, 0.2) is 0 Å². The molecule has 0 aliphatic carbocycles. The Hall–Kier alpha value is 0.679. The third kappa shape index (κ3) is 3.68. The van der Waals surface area contributed by atoms with Gasteiger partial charge in [-0.15, -0.1) is 0 Å². The second-order valence-corrected chi connectivity index (χ2v) is 14.9. The van der Waals surface area contributed by atoms with Gasteiger partial charge in [0.2, 0.25) is 0 Å². The second-order valence-electron chi connectivity index (χ2n) is 8.92. The molecule has 0 aromatic rings. The van der Waals surface area contributed by atoms with Gasteiger partial charge in [0.1, 0.15) is 0 Å².